The average molecular weight is 878 g/mol. The summed E-state index contributed by atoms with van der Waals surface area (Å²) in [4.78, 5) is 41.1. The molecule has 314 valence electrons. The SMILES string of the molecule is ClCCl.Cn1cnc(-c2nnc(Cc3ccc(F)cc3)o2)c(O)c1=O.Cn1cnc(-c2nnc(Cc3ccc(F)cc3)o2)c(OCc2ccccc2)c1=O.O=CC(F)(F)F. The number of nitrogens with zero attached hydrogens (tertiary/aromatic N) is 8. The Balaban J connectivity index is 0.000000226. The van der Waals surface area contributed by atoms with Crippen LogP contribution in [0.15, 0.2) is 110 Å². The van der Waals surface area contributed by atoms with E-state index >= 15 is 0 Å². The number of carbonyl (C=O) groups excluding carboxylic acids is 1. The zero-order valence-corrected chi connectivity index (χ0v) is 32.7. The molecule has 7 rings (SSSR count). The molecular formula is C38H31Cl2F5N8O7. The van der Waals surface area contributed by atoms with E-state index in [1.54, 1.807) is 31.3 Å². The Morgan fingerprint density at radius 3 is 1.60 bits per heavy atom. The van der Waals surface area contributed by atoms with Gasteiger partial charge in [0.25, 0.3) is 22.9 Å². The number of halogens is 7. The Kier molecular flexibility index (Phi) is 16.7. The van der Waals surface area contributed by atoms with E-state index in [9.17, 15) is 36.6 Å². The highest BCUT2D eigenvalue weighted by Crippen LogP contribution is 2.25. The molecule has 0 spiro atoms. The van der Waals surface area contributed by atoms with Crippen LogP contribution >= 0.6 is 23.2 Å². The predicted molar refractivity (Wildman–Crippen MR) is 205 cm³/mol. The normalized spacial score (nSPS) is 10.6. The van der Waals surface area contributed by atoms with Crippen LogP contribution in [0.2, 0.25) is 0 Å². The lowest BCUT2D eigenvalue weighted by Crippen LogP contribution is -2.20. The van der Waals surface area contributed by atoms with E-state index in [4.69, 9.17) is 41.6 Å². The molecule has 0 aliphatic carbocycles. The molecule has 4 aromatic heterocycles. The topological polar surface area (TPSA) is 194 Å². The second-order valence-corrected chi connectivity index (χ2v) is 12.6. The van der Waals surface area contributed by atoms with Gasteiger partial charge in [-0.2, -0.15) is 13.2 Å². The fourth-order valence-corrected chi connectivity index (χ4v) is 4.61. The van der Waals surface area contributed by atoms with Crippen LogP contribution < -0.4 is 15.9 Å². The molecule has 0 bridgehead atoms. The van der Waals surface area contributed by atoms with Gasteiger partial charge in [-0.25, -0.2) is 18.7 Å². The molecule has 0 amide bonds. The van der Waals surface area contributed by atoms with Crippen molar-refractivity contribution in [1.29, 1.82) is 0 Å². The van der Waals surface area contributed by atoms with E-state index in [2.05, 4.69) is 30.4 Å². The number of alkyl halides is 5. The molecule has 0 fully saturated rings. The molecule has 0 aliphatic rings. The van der Waals surface area contributed by atoms with Crippen molar-refractivity contribution in [2.75, 3.05) is 5.34 Å². The zero-order valence-electron chi connectivity index (χ0n) is 31.2. The Bertz CT molecular complexity index is 2570. The van der Waals surface area contributed by atoms with Gasteiger partial charge in [-0.15, -0.1) is 43.6 Å². The summed E-state index contributed by atoms with van der Waals surface area (Å²) in [5.74, 6) is -0.534. The maximum Gasteiger partial charge on any atom is 0.446 e. The van der Waals surface area contributed by atoms with Crippen molar-refractivity contribution >= 4 is 29.5 Å². The predicted octanol–water partition coefficient (Wildman–Crippen LogP) is 6.57. The Labute approximate surface area is 345 Å². The molecule has 15 nitrogen and oxygen atoms in total. The maximum absolute atomic E-state index is 13.1. The van der Waals surface area contributed by atoms with Crippen molar-refractivity contribution in [2.45, 2.75) is 25.6 Å². The van der Waals surface area contributed by atoms with Crippen molar-refractivity contribution in [2.24, 2.45) is 14.1 Å². The highest BCUT2D eigenvalue weighted by atomic mass is 35.5. The third-order valence-electron chi connectivity index (χ3n) is 7.43. The first kappa shape index (κ1) is 45.9. The summed E-state index contributed by atoms with van der Waals surface area (Å²) in [6, 6.07) is 21.4. The molecule has 0 radical (unpaired) electrons. The molecule has 4 heterocycles. The number of rotatable bonds is 9. The fourth-order valence-electron chi connectivity index (χ4n) is 4.61. The highest BCUT2D eigenvalue weighted by molar-refractivity contribution is 6.40. The van der Waals surface area contributed by atoms with Gasteiger partial charge in [0.05, 0.1) is 30.8 Å². The summed E-state index contributed by atoms with van der Waals surface area (Å²) in [5.41, 5.74) is 1.67. The van der Waals surface area contributed by atoms with Gasteiger partial charge in [0, 0.05) is 14.1 Å². The number of benzene rings is 3. The lowest BCUT2D eigenvalue weighted by Gasteiger charge is -2.09. The highest BCUT2D eigenvalue weighted by Gasteiger charge is 2.25. The second kappa shape index (κ2) is 21.8. The number of aromatic hydroxyl groups is 1. The first-order valence-electron chi connectivity index (χ1n) is 16.9. The molecule has 1 N–H and O–H groups in total. The van der Waals surface area contributed by atoms with Crippen molar-refractivity contribution in [1.82, 2.24) is 39.5 Å². The minimum atomic E-state index is -4.64. The summed E-state index contributed by atoms with van der Waals surface area (Å²) in [6.45, 7) is 0.200. The fraction of sp³-hybridized carbons (Fsp3) is 0.184. The zero-order chi connectivity index (χ0) is 43.8. The van der Waals surface area contributed by atoms with Gasteiger partial charge in [0.15, 0.2) is 11.4 Å². The molecular weight excluding hydrogens is 846 g/mol. The monoisotopic (exact) mass is 876 g/mol. The largest absolute Gasteiger partial charge is 0.501 e. The van der Waals surface area contributed by atoms with Gasteiger partial charge < -0.3 is 18.7 Å². The molecule has 0 unspecified atom stereocenters. The van der Waals surface area contributed by atoms with Crippen molar-refractivity contribution in [3.05, 3.63) is 152 Å². The summed E-state index contributed by atoms with van der Waals surface area (Å²) in [5, 5.41) is 25.6. The van der Waals surface area contributed by atoms with Gasteiger partial charge in [0.1, 0.15) is 18.2 Å². The number of aromatic nitrogens is 8. The Hall–Kier alpha value is -6.80. The van der Waals surface area contributed by atoms with Crippen LogP contribution in [-0.2, 0) is 38.3 Å². The lowest BCUT2D eigenvalue weighted by atomic mass is 10.1. The van der Waals surface area contributed by atoms with Crippen LogP contribution in [0.5, 0.6) is 11.5 Å². The number of carbonyl (C=O) groups is 1. The van der Waals surface area contributed by atoms with Gasteiger partial charge in [0.2, 0.25) is 29.6 Å². The quantitative estimate of drug-likeness (QED) is 0.0930. The maximum atomic E-state index is 13.1. The number of hydrogen-bond acceptors (Lipinski definition) is 13. The third-order valence-corrected chi connectivity index (χ3v) is 7.43. The van der Waals surface area contributed by atoms with E-state index in [0.29, 0.717) is 18.7 Å². The van der Waals surface area contributed by atoms with Gasteiger partial charge in [-0.05, 0) is 41.0 Å². The van der Waals surface area contributed by atoms with Gasteiger partial charge in [-0.1, -0.05) is 54.6 Å². The molecule has 7 aromatic rings. The smallest absolute Gasteiger partial charge is 0.446 e. The van der Waals surface area contributed by atoms with Gasteiger partial charge in [-0.3, -0.25) is 23.5 Å². The first-order chi connectivity index (χ1) is 28.6. The Morgan fingerprint density at radius 2 is 1.13 bits per heavy atom. The van der Waals surface area contributed by atoms with Crippen molar-refractivity contribution in [3.63, 3.8) is 0 Å². The number of aldehydes is 1. The minimum absolute atomic E-state index is 0.0378. The molecule has 22 heteroatoms. The van der Waals surface area contributed by atoms with E-state index < -0.39 is 23.8 Å². The second-order valence-electron chi connectivity index (χ2n) is 11.8. The van der Waals surface area contributed by atoms with Gasteiger partial charge >= 0.3 is 6.18 Å². The first-order valence-corrected chi connectivity index (χ1v) is 18.0. The third kappa shape index (κ3) is 13.7. The molecule has 0 atom stereocenters. The molecule has 3 aromatic carbocycles. The van der Waals surface area contributed by atoms with Crippen LogP contribution in [0.3, 0.4) is 0 Å². The summed E-state index contributed by atoms with van der Waals surface area (Å²) < 4.78 is 76.4. The van der Waals surface area contributed by atoms with Crippen LogP contribution in [0.4, 0.5) is 22.0 Å². The molecule has 0 saturated heterocycles. The van der Waals surface area contributed by atoms with Crippen LogP contribution in [0, 0.1) is 11.6 Å². The molecule has 0 aliphatic heterocycles. The summed E-state index contributed by atoms with van der Waals surface area (Å²) >= 11 is 9.53. The van der Waals surface area contributed by atoms with E-state index in [1.165, 1.54) is 48.5 Å². The number of hydrogen-bond donors (Lipinski definition) is 1. The molecule has 0 saturated carbocycles. The van der Waals surface area contributed by atoms with E-state index in [1.807, 2.05) is 30.3 Å². The van der Waals surface area contributed by atoms with Crippen LogP contribution in [0.25, 0.3) is 23.2 Å². The lowest BCUT2D eigenvalue weighted by molar-refractivity contribution is -0.156. The average Bonchev–Trinajstić information content (AvgIpc) is 3.90. The summed E-state index contributed by atoms with van der Waals surface area (Å²) in [7, 11) is 3.05. The standard InChI is InChI=1S/C21H17FN4O3.C14H11FN4O3.C2HF3O.CH2Cl2/c1-26-13-23-18(19(21(26)27)28-12-15-5-3-2-4-6-15)20-25-24-17(29-20)11-14-7-9-16(22)10-8-14;1-19-7-16-11(12(20)14(19)21)13-18-17-10(22-13)6-8-2-4-9(15)5-3-8;3-2(4,5)1-6;2-1-3/h2-10,13H,11-12H2,1H3;2-5,7,20H,6H2,1H3;1H;1H2. The Morgan fingerprint density at radius 1 is 0.700 bits per heavy atom. The minimum Gasteiger partial charge on any atom is -0.501 e. The van der Waals surface area contributed by atoms with Crippen molar-refractivity contribution < 1.29 is 45.4 Å². The van der Waals surface area contributed by atoms with Crippen LogP contribution in [-0.4, -0.2) is 62.4 Å². The summed E-state index contributed by atoms with van der Waals surface area (Å²) in [6.07, 6.45) is -2.44. The van der Waals surface area contributed by atoms with E-state index in [-0.39, 0.29) is 63.9 Å². The number of ether oxygens (including phenoxy) is 1. The van der Waals surface area contributed by atoms with Crippen molar-refractivity contribution in [3.8, 4) is 34.7 Å². The number of aryl methyl sites for hydroxylation is 2. The van der Waals surface area contributed by atoms with Crippen LogP contribution in [0.1, 0.15) is 28.5 Å². The molecule has 60 heavy (non-hydrogen) atoms. The van der Waals surface area contributed by atoms with E-state index in [0.717, 1.165) is 21.3 Å².